The van der Waals surface area contributed by atoms with Crippen molar-refractivity contribution in [3.63, 3.8) is 0 Å². The van der Waals surface area contributed by atoms with Crippen molar-refractivity contribution in [3.05, 3.63) is 82.4 Å². The monoisotopic (exact) mass is 438 g/mol. The van der Waals surface area contributed by atoms with Crippen LogP contribution in [-0.4, -0.2) is 26.1 Å². The smallest absolute Gasteiger partial charge is 0.170 e. The molecule has 0 unspecified atom stereocenters. The summed E-state index contributed by atoms with van der Waals surface area (Å²) in [6.45, 7) is 7.46. The number of aromatic nitrogens is 2. The van der Waals surface area contributed by atoms with E-state index in [0.29, 0.717) is 0 Å². The zero-order valence-corrected chi connectivity index (χ0v) is 19.2. The van der Waals surface area contributed by atoms with Crippen LogP contribution in [0.3, 0.4) is 0 Å². The fraction of sp³-hybridized carbons (Fsp3) is 0.333. The van der Waals surface area contributed by atoms with Crippen LogP contribution in [-0.2, 0) is 0 Å². The predicted molar refractivity (Wildman–Crippen MR) is 127 cm³/mol. The van der Waals surface area contributed by atoms with E-state index in [9.17, 15) is 0 Å². The van der Waals surface area contributed by atoms with Crippen molar-refractivity contribution in [2.24, 2.45) is 0 Å². The molecule has 0 aliphatic carbocycles. The number of rotatable bonds is 6. The van der Waals surface area contributed by atoms with Gasteiger partial charge in [0.05, 0.1) is 17.8 Å². The SMILES string of the molecule is CCCCN1C(=S)N[C@@H](c2ccccn2)[C@H]1c1cc(C)n(-c2cccc(Cl)c2)c1C. The molecule has 1 aliphatic heterocycles. The molecule has 0 bridgehead atoms. The first-order chi connectivity index (χ1) is 14.5. The molecule has 1 aliphatic rings. The van der Waals surface area contributed by atoms with Crippen LogP contribution in [0.4, 0.5) is 0 Å². The minimum Gasteiger partial charge on any atom is -0.352 e. The van der Waals surface area contributed by atoms with Crippen LogP contribution >= 0.6 is 23.8 Å². The molecule has 4 nitrogen and oxygen atoms in total. The Morgan fingerprint density at radius 3 is 2.67 bits per heavy atom. The number of nitrogens with one attached hydrogen (secondary N) is 1. The highest BCUT2D eigenvalue weighted by Crippen LogP contribution is 2.41. The van der Waals surface area contributed by atoms with E-state index in [-0.39, 0.29) is 12.1 Å². The minimum absolute atomic E-state index is 0.0175. The standard InChI is InChI=1S/C24H27ClN4S/c1-4-5-13-28-23(22(27-24(28)30)21-11-6-7-12-26-21)20-14-16(2)29(17(20)3)19-10-8-9-18(25)15-19/h6-12,14-15,22-23H,4-5,13H2,1-3H3,(H,27,30)/t22-,23+/m0/s1. The number of thiocarbonyl (C=S) groups is 1. The molecule has 0 spiro atoms. The normalized spacial score (nSPS) is 18.7. The Morgan fingerprint density at radius 2 is 1.97 bits per heavy atom. The van der Waals surface area contributed by atoms with Crippen molar-refractivity contribution in [2.75, 3.05) is 6.54 Å². The average Bonchev–Trinajstić information content (AvgIpc) is 3.22. The summed E-state index contributed by atoms with van der Waals surface area (Å²) in [5.74, 6) is 0. The quantitative estimate of drug-likeness (QED) is 0.484. The van der Waals surface area contributed by atoms with E-state index in [1.54, 1.807) is 0 Å². The Bertz CT molecular complexity index is 1050. The number of halogens is 1. The number of benzene rings is 1. The first kappa shape index (κ1) is 20.9. The maximum atomic E-state index is 6.28. The van der Waals surface area contributed by atoms with Gasteiger partial charge in [0.15, 0.2) is 5.11 Å². The lowest BCUT2D eigenvalue weighted by atomic mass is 9.96. The van der Waals surface area contributed by atoms with Crippen LogP contribution in [0.5, 0.6) is 0 Å². The van der Waals surface area contributed by atoms with E-state index in [4.69, 9.17) is 23.8 Å². The number of nitrogens with zero attached hydrogens (tertiary/aromatic N) is 3. The first-order valence-electron chi connectivity index (χ1n) is 10.4. The number of aryl methyl sites for hydroxylation is 1. The number of hydrogen-bond donors (Lipinski definition) is 1. The summed E-state index contributed by atoms with van der Waals surface area (Å²) < 4.78 is 2.27. The van der Waals surface area contributed by atoms with Crippen LogP contribution < -0.4 is 5.32 Å². The van der Waals surface area contributed by atoms with E-state index >= 15 is 0 Å². The molecule has 0 radical (unpaired) electrons. The Kier molecular flexibility index (Phi) is 6.11. The van der Waals surface area contributed by atoms with E-state index in [1.807, 2.05) is 36.5 Å². The van der Waals surface area contributed by atoms with Crippen LogP contribution in [0.15, 0.2) is 54.7 Å². The topological polar surface area (TPSA) is 33.1 Å². The van der Waals surface area contributed by atoms with Gasteiger partial charge in [-0.05, 0) is 74.4 Å². The third-order valence-corrected chi connectivity index (χ3v) is 6.39. The second kappa shape index (κ2) is 8.78. The molecule has 3 aromatic rings. The van der Waals surface area contributed by atoms with E-state index in [1.165, 1.54) is 17.0 Å². The number of hydrogen-bond acceptors (Lipinski definition) is 2. The molecule has 4 rings (SSSR count). The summed E-state index contributed by atoms with van der Waals surface area (Å²) in [4.78, 5) is 6.98. The predicted octanol–water partition coefficient (Wildman–Crippen LogP) is 5.92. The molecule has 0 saturated carbocycles. The summed E-state index contributed by atoms with van der Waals surface area (Å²) in [5, 5.41) is 5.09. The van der Waals surface area contributed by atoms with Gasteiger partial charge < -0.3 is 14.8 Å². The third kappa shape index (κ3) is 3.84. The molecule has 1 N–H and O–H groups in total. The molecule has 2 aromatic heterocycles. The summed E-state index contributed by atoms with van der Waals surface area (Å²) in [5.41, 5.74) is 5.74. The molecule has 6 heteroatoms. The highest BCUT2D eigenvalue weighted by atomic mass is 35.5. The van der Waals surface area contributed by atoms with Gasteiger partial charge in [0.25, 0.3) is 0 Å². The van der Waals surface area contributed by atoms with Crippen molar-refractivity contribution in [1.82, 2.24) is 19.8 Å². The molecule has 1 aromatic carbocycles. The summed E-state index contributed by atoms with van der Waals surface area (Å²) >= 11 is 12.0. The highest BCUT2D eigenvalue weighted by Gasteiger charge is 2.41. The fourth-order valence-corrected chi connectivity index (χ4v) is 4.93. The summed E-state index contributed by atoms with van der Waals surface area (Å²) in [7, 11) is 0. The van der Waals surface area contributed by atoms with Crippen LogP contribution in [0, 0.1) is 13.8 Å². The van der Waals surface area contributed by atoms with Crippen LogP contribution in [0.1, 0.15) is 54.5 Å². The third-order valence-electron chi connectivity index (χ3n) is 5.81. The lowest BCUT2D eigenvalue weighted by molar-refractivity contribution is 0.312. The maximum Gasteiger partial charge on any atom is 0.170 e. The van der Waals surface area contributed by atoms with E-state index in [2.05, 4.69) is 58.7 Å². The fourth-order valence-electron chi connectivity index (χ4n) is 4.41. The minimum atomic E-state index is 0.0175. The molecule has 156 valence electrons. The molecule has 0 amide bonds. The van der Waals surface area contributed by atoms with Gasteiger partial charge in [-0.15, -0.1) is 0 Å². The van der Waals surface area contributed by atoms with Gasteiger partial charge >= 0.3 is 0 Å². The van der Waals surface area contributed by atoms with Gasteiger partial charge in [0, 0.05) is 34.8 Å². The molecule has 30 heavy (non-hydrogen) atoms. The van der Waals surface area contributed by atoms with Crippen molar-refractivity contribution in [2.45, 2.75) is 45.7 Å². The van der Waals surface area contributed by atoms with E-state index < -0.39 is 0 Å². The van der Waals surface area contributed by atoms with Crippen molar-refractivity contribution < 1.29 is 0 Å². The second-order valence-corrected chi connectivity index (χ2v) is 8.64. The van der Waals surface area contributed by atoms with Gasteiger partial charge in [0.2, 0.25) is 0 Å². The van der Waals surface area contributed by atoms with Crippen molar-refractivity contribution >= 4 is 28.9 Å². The van der Waals surface area contributed by atoms with Crippen molar-refractivity contribution in [1.29, 1.82) is 0 Å². The van der Waals surface area contributed by atoms with Crippen LogP contribution in [0.2, 0.25) is 5.02 Å². The lowest BCUT2D eigenvalue weighted by Gasteiger charge is -2.28. The zero-order chi connectivity index (χ0) is 21.3. The molecule has 3 heterocycles. The van der Waals surface area contributed by atoms with Gasteiger partial charge in [-0.2, -0.15) is 0 Å². The molecule has 1 fully saturated rings. The maximum absolute atomic E-state index is 6.28. The number of unbranched alkanes of at least 4 members (excludes halogenated alkanes) is 1. The zero-order valence-electron chi connectivity index (χ0n) is 17.6. The van der Waals surface area contributed by atoms with Crippen molar-refractivity contribution in [3.8, 4) is 5.69 Å². The molecule has 2 atom stereocenters. The Labute approximate surface area is 188 Å². The Balaban J connectivity index is 1.82. The summed E-state index contributed by atoms with van der Waals surface area (Å²) in [6.07, 6.45) is 4.07. The van der Waals surface area contributed by atoms with Gasteiger partial charge in [-0.3, -0.25) is 4.98 Å². The highest BCUT2D eigenvalue weighted by molar-refractivity contribution is 7.80. The second-order valence-electron chi connectivity index (χ2n) is 7.82. The largest absolute Gasteiger partial charge is 0.352 e. The first-order valence-corrected chi connectivity index (χ1v) is 11.2. The molecular formula is C24H27ClN4S. The average molecular weight is 439 g/mol. The Hall–Kier alpha value is -2.37. The Morgan fingerprint density at radius 1 is 1.13 bits per heavy atom. The van der Waals surface area contributed by atoms with Crippen LogP contribution in [0.25, 0.3) is 5.69 Å². The van der Waals surface area contributed by atoms with Gasteiger partial charge in [0.1, 0.15) is 0 Å². The lowest BCUT2D eigenvalue weighted by Crippen LogP contribution is -2.30. The van der Waals surface area contributed by atoms with Gasteiger partial charge in [-0.1, -0.05) is 37.1 Å². The summed E-state index contributed by atoms with van der Waals surface area (Å²) in [6, 6.07) is 16.5. The number of pyridine rings is 1. The van der Waals surface area contributed by atoms with E-state index in [0.717, 1.165) is 40.9 Å². The molecule has 1 saturated heterocycles. The molecular weight excluding hydrogens is 412 g/mol. The van der Waals surface area contributed by atoms with Gasteiger partial charge in [-0.25, -0.2) is 0 Å².